The Hall–Kier alpha value is -3.14. The maximum absolute atomic E-state index is 12.8. The molecule has 5 atom stereocenters. The Labute approximate surface area is 255 Å². The zero-order valence-corrected chi connectivity index (χ0v) is 24.7. The predicted octanol–water partition coefficient (Wildman–Crippen LogP) is 4.97. The number of nitriles is 1. The van der Waals surface area contributed by atoms with Crippen molar-refractivity contribution in [1.82, 2.24) is 15.3 Å². The Bertz CT molecular complexity index is 1340. The minimum atomic E-state index is -4.80. The van der Waals surface area contributed by atoms with Gasteiger partial charge in [0.2, 0.25) is 5.95 Å². The molecule has 5 aliphatic carbocycles. The molecule has 1 aromatic carbocycles. The zero-order chi connectivity index (χ0) is 31.0. The molecular formula is C32H41F3N6O3. The van der Waals surface area contributed by atoms with Crippen LogP contribution in [0.1, 0.15) is 68.9 Å². The van der Waals surface area contributed by atoms with Gasteiger partial charge in [-0.15, -0.1) is 13.2 Å². The first kappa shape index (κ1) is 30.9. The molecule has 4 bridgehead atoms. The quantitative estimate of drug-likeness (QED) is 0.238. The van der Waals surface area contributed by atoms with Crippen molar-refractivity contribution in [2.24, 2.45) is 29.1 Å². The summed E-state index contributed by atoms with van der Waals surface area (Å²) in [6.45, 7) is 1.53. The number of aromatic nitrogens is 2. The van der Waals surface area contributed by atoms with Gasteiger partial charge in [0, 0.05) is 24.7 Å². The summed E-state index contributed by atoms with van der Waals surface area (Å²) >= 11 is 0. The highest BCUT2D eigenvalue weighted by Gasteiger charge is 2.55. The molecule has 7 rings (SSSR count). The molecule has 44 heavy (non-hydrogen) atoms. The van der Waals surface area contributed by atoms with Crippen LogP contribution in [-0.2, 0) is 6.54 Å². The first-order valence-electron chi connectivity index (χ1n) is 15.7. The van der Waals surface area contributed by atoms with Gasteiger partial charge in [0.15, 0.2) is 0 Å². The number of rotatable bonds is 11. The second-order valence-electron chi connectivity index (χ2n) is 13.7. The molecule has 9 nitrogen and oxygen atoms in total. The largest absolute Gasteiger partial charge is 0.573 e. The molecule has 5 fully saturated rings. The summed E-state index contributed by atoms with van der Waals surface area (Å²) in [6, 6.07) is 8.57. The number of para-hydroxylation sites is 1. The van der Waals surface area contributed by atoms with E-state index in [0.717, 1.165) is 38.6 Å². The minimum absolute atomic E-state index is 0.0180. The second-order valence-corrected chi connectivity index (χ2v) is 13.7. The van der Waals surface area contributed by atoms with Crippen LogP contribution in [0.4, 0.5) is 24.9 Å². The first-order valence-corrected chi connectivity index (χ1v) is 15.7. The molecule has 0 aliphatic heterocycles. The molecule has 0 saturated heterocycles. The third kappa shape index (κ3) is 6.90. The lowest BCUT2D eigenvalue weighted by Gasteiger charge is -2.60. The zero-order valence-electron chi connectivity index (χ0n) is 24.7. The van der Waals surface area contributed by atoms with E-state index in [2.05, 4.69) is 36.7 Å². The highest BCUT2D eigenvalue weighted by molar-refractivity contribution is 5.53. The average molecular weight is 615 g/mol. The normalized spacial score (nSPS) is 32.7. The fraction of sp³-hybridized carbons (Fsp3) is 0.656. The van der Waals surface area contributed by atoms with Crippen LogP contribution in [0.15, 0.2) is 30.5 Å². The predicted molar refractivity (Wildman–Crippen MR) is 157 cm³/mol. The van der Waals surface area contributed by atoms with Gasteiger partial charge in [-0.05, 0) is 99.5 Å². The molecule has 0 spiro atoms. The van der Waals surface area contributed by atoms with E-state index < -0.39 is 12.0 Å². The third-order valence-electron chi connectivity index (χ3n) is 10.5. The van der Waals surface area contributed by atoms with E-state index in [1.165, 1.54) is 37.2 Å². The van der Waals surface area contributed by atoms with Gasteiger partial charge < -0.3 is 30.9 Å². The summed E-state index contributed by atoms with van der Waals surface area (Å²) in [4.78, 5) is 8.73. The summed E-state index contributed by atoms with van der Waals surface area (Å²) in [7, 11) is 0. The summed E-state index contributed by atoms with van der Waals surface area (Å²) < 4.78 is 42.6. The standard InChI is InChI=1S/C32H41F3N6O3/c33-32(34,35)44-26-4-2-1-3-22(26)16-38-29-39-17-25(14-36)28(41-29)40-18-30-11-21-9-23(12-30)27(24(10-21)13-30)37-15-20-5-7-31(43,19-42)8-6-20/h1-4,17,20-21,23-24,27,37,42-43H,5-13,15-16,18-19H2,(H2,38,39,40,41)/t20?,21?,23-,24+,27?,30?,31?. The van der Waals surface area contributed by atoms with Crippen LogP contribution < -0.4 is 20.7 Å². The fourth-order valence-electron chi connectivity index (χ4n) is 8.63. The number of halogens is 3. The van der Waals surface area contributed by atoms with E-state index in [0.29, 0.717) is 66.0 Å². The van der Waals surface area contributed by atoms with Crippen molar-refractivity contribution >= 4 is 11.8 Å². The van der Waals surface area contributed by atoms with Crippen LogP contribution in [0.2, 0.25) is 0 Å². The Kier molecular flexibility index (Phi) is 8.65. The number of ether oxygens (including phenoxy) is 1. The van der Waals surface area contributed by atoms with Crippen LogP contribution in [0.25, 0.3) is 0 Å². The lowest BCUT2D eigenvalue weighted by molar-refractivity contribution is -0.274. The van der Waals surface area contributed by atoms with E-state index in [1.807, 2.05) is 0 Å². The van der Waals surface area contributed by atoms with Gasteiger partial charge in [0.1, 0.15) is 23.2 Å². The number of benzene rings is 1. The number of aliphatic hydroxyl groups is 2. The summed E-state index contributed by atoms with van der Waals surface area (Å²) in [6.07, 6.45) is 5.73. The molecule has 0 amide bonds. The van der Waals surface area contributed by atoms with E-state index in [-0.39, 0.29) is 30.3 Å². The average Bonchev–Trinajstić information content (AvgIpc) is 2.99. The molecule has 2 aromatic rings. The summed E-state index contributed by atoms with van der Waals surface area (Å²) in [5.41, 5.74) is -0.141. The Morgan fingerprint density at radius 3 is 2.48 bits per heavy atom. The summed E-state index contributed by atoms with van der Waals surface area (Å²) in [5.74, 6) is 2.81. The maximum Gasteiger partial charge on any atom is 0.573 e. The van der Waals surface area contributed by atoms with E-state index >= 15 is 0 Å². The van der Waals surface area contributed by atoms with Crippen molar-refractivity contribution in [3.05, 3.63) is 41.6 Å². The SMILES string of the molecule is N#Cc1cnc(NCc2ccccc2OC(F)(F)F)nc1NCC12CC3C[C@H](C1)C(NCC1CCC(O)(CO)CC1)[C@@H](C3)C2. The number of aliphatic hydroxyl groups excluding tert-OH is 1. The Morgan fingerprint density at radius 1 is 1.07 bits per heavy atom. The van der Waals surface area contributed by atoms with Gasteiger partial charge in [-0.3, -0.25) is 0 Å². The molecule has 5 saturated carbocycles. The number of hydrogen-bond donors (Lipinski definition) is 5. The lowest BCUT2D eigenvalue weighted by Crippen LogP contribution is -2.60. The number of hydrogen-bond acceptors (Lipinski definition) is 9. The van der Waals surface area contributed by atoms with Gasteiger partial charge in [-0.1, -0.05) is 18.2 Å². The highest BCUT2D eigenvalue weighted by atomic mass is 19.4. The van der Waals surface area contributed by atoms with Gasteiger partial charge in [0.25, 0.3) is 0 Å². The molecule has 5 aliphatic rings. The van der Waals surface area contributed by atoms with Gasteiger partial charge in [-0.2, -0.15) is 10.2 Å². The van der Waals surface area contributed by atoms with Crippen molar-refractivity contribution < 1.29 is 28.1 Å². The van der Waals surface area contributed by atoms with Gasteiger partial charge in [0.05, 0.1) is 18.4 Å². The molecule has 0 radical (unpaired) electrons. The van der Waals surface area contributed by atoms with Crippen molar-refractivity contribution in [2.75, 3.05) is 30.3 Å². The molecule has 1 aromatic heterocycles. The van der Waals surface area contributed by atoms with E-state index in [9.17, 15) is 28.6 Å². The summed E-state index contributed by atoms with van der Waals surface area (Å²) in [5, 5.41) is 39.9. The van der Waals surface area contributed by atoms with Gasteiger partial charge in [-0.25, -0.2) is 4.98 Å². The van der Waals surface area contributed by atoms with E-state index in [1.54, 1.807) is 6.07 Å². The van der Waals surface area contributed by atoms with Crippen LogP contribution >= 0.6 is 0 Å². The second kappa shape index (κ2) is 12.3. The highest BCUT2D eigenvalue weighted by Crippen LogP contribution is 2.60. The Morgan fingerprint density at radius 2 is 1.80 bits per heavy atom. The van der Waals surface area contributed by atoms with Crippen molar-refractivity contribution in [1.29, 1.82) is 5.26 Å². The van der Waals surface area contributed by atoms with Crippen molar-refractivity contribution in [2.45, 2.75) is 82.3 Å². The number of alkyl halides is 3. The Balaban J connectivity index is 1.06. The van der Waals surface area contributed by atoms with Crippen molar-refractivity contribution in [3.63, 3.8) is 0 Å². The molecule has 5 N–H and O–H groups in total. The molecule has 3 unspecified atom stereocenters. The van der Waals surface area contributed by atoms with Crippen LogP contribution in [0.5, 0.6) is 5.75 Å². The van der Waals surface area contributed by atoms with Crippen molar-refractivity contribution in [3.8, 4) is 11.8 Å². The molecule has 238 valence electrons. The van der Waals surface area contributed by atoms with E-state index in [4.69, 9.17) is 0 Å². The fourth-order valence-corrected chi connectivity index (χ4v) is 8.63. The number of nitrogens with zero attached hydrogens (tertiary/aromatic N) is 3. The molecule has 12 heteroatoms. The smallest absolute Gasteiger partial charge is 0.405 e. The maximum atomic E-state index is 12.8. The molecular weight excluding hydrogens is 573 g/mol. The number of anilines is 2. The third-order valence-corrected chi connectivity index (χ3v) is 10.5. The van der Waals surface area contributed by atoms with Crippen LogP contribution in [0.3, 0.4) is 0 Å². The topological polar surface area (TPSA) is 135 Å². The molecule has 1 heterocycles. The van der Waals surface area contributed by atoms with Crippen LogP contribution in [0, 0.1) is 40.4 Å². The first-order chi connectivity index (χ1) is 21.1. The lowest BCUT2D eigenvalue weighted by atomic mass is 9.48. The number of nitrogens with one attached hydrogen (secondary N) is 3. The van der Waals surface area contributed by atoms with Crippen LogP contribution in [-0.4, -0.2) is 57.9 Å². The van der Waals surface area contributed by atoms with Gasteiger partial charge >= 0.3 is 6.36 Å². The minimum Gasteiger partial charge on any atom is -0.405 e. The monoisotopic (exact) mass is 614 g/mol.